The van der Waals surface area contributed by atoms with E-state index >= 15 is 0 Å². The van der Waals surface area contributed by atoms with E-state index in [-0.39, 0.29) is 18.0 Å². The quantitative estimate of drug-likeness (QED) is 0.739. The first-order valence-electron chi connectivity index (χ1n) is 8.80. The van der Waals surface area contributed by atoms with Gasteiger partial charge in [0.05, 0.1) is 6.42 Å². The molecule has 2 aromatic carbocycles. The summed E-state index contributed by atoms with van der Waals surface area (Å²) in [5, 5.41) is 5.49. The lowest BCUT2D eigenvalue weighted by molar-refractivity contribution is -0.142. The van der Waals surface area contributed by atoms with Crippen LogP contribution >= 0.6 is 0 Å². The van der Waals surface area contributed by atoms with E-state index in [4.69, 9.17) is 4.74 Å². The smallest absolute Gasteiger partial charge is 0.323 e. The number of halogens is 1. The normalized spacial score (nSPS) is 18.1. The molecule has 0 spiro atoms. The summed E-state index contributed by atoms with van der Waals surface area (Å²) in [6, 6.07) is 9.55. The van der Waals surface area contributed by atoms with Crippen LogP contribution in [0.25, 0.3) is 0 Å². The summed E-state index contributed by atoms with van der Waals surface area (Å²) in [7, 11) is 0. The number of urea groups is 1. The fraction of sp³-hybridized carbons (Fsp3) is 0.333. The number of esters is 1. The highest BCUT2D eigenvalue weighted by Gasteiger charge is 2.43. The van der Waals surface area contributed by atoms with E-state index in [1.54, 1.807) is 0 Å². The summed E-state index contributed by atoms with van der Waals surface area (Å²) < 4.78 is 19.7. The maximum absolute atomic E-state index is 14.3. The van der Waals surface area contributed by atoms with Gasteiger partial charge in [0.2, 0.25) is 0 Å². The minimum atomic E-state index is -0.686. The molecule has 6 heteroatoms. The fourth-order valence-electron chi connectivity index (χ4n) is 3.34. The van der Waals surface area contributed by atoms with Gasteiger partial charge in [0, 0.05) is 22.4 Å². The van der Waals surface area contributed by atoms with E-state index in [1.807, 2.05) is 45.9 Å². The highest BCUT2D eigenvalue weighted by molar-refractivity contribution is 6.00. The van der Waals surface area contributed by atoms with Crippen LogP contribution in [0.2, 0.25) is 0 Å². The Morgan fingerprint density at radius 1 is 1.15 bits per heavy atom. The molecule has 3 rings (SSSR count). The van der Waals surface area contributed by atoms with Gasteiger partial charge in [0.25, 0.3) is 0 Å². The fourth-order valence-corrected chi connectivity index (χ4v) is 3.34. The summed E-state index contributed by atoms with van der Waals surface area (Å²) in [5.74, 6) is -0.821. The van der Waals surface area contributed by atoms with Crippen molar-refractivity contribution in [3.05, 3.63) is 58.9 Å². The lowest BCUT2D eigenvalue weighted by atomic mass is 9.82. The molecule has 1 saturated heterocycles. The van der Waals surface area contributed by atoms with Gasteiger partial charge in [-0.2, -0.15) is 0 Å². The molecule has 5 nitrogen and oxygen atoms in total. The number of nitrogens with one attached hydrogen (secondary N) is 2. The van der Waals surface area contributed by atoms with Crippen molar-refractivity contribution in [3.8, 4) is 0 Å². The Kier molecular flexibility index (Phi) is 4.91. The summed E-state index contributed by atoms with van der Waals surface area (Å²) in [5.41, 5.74) is 2.92. The zero-order valence-electron chi connectivity index (χ0n) is 15.9. The minimum absolute atomic E-state index is 0.224. The van der Waals surface area contributed by atoms with Crippen molar-refractivity contribution in [2.24, 2.45) is 5.41 Å². The maximum Gasteiger partial charge on any atom is 0.323 e. The highest BCUT2D eigenvalue weighted by Crippen LogP contribution is 2.46. The third-order valence-electron chi connectivity index (χ3n) is 4.73. The molecule has 1 aliphatic heterocycles. The summed E-state index contributed by atoms with van der Waals surface area (Å²) >= 11 is 0. The average molecular weight is 370 g/mol. The Morgan fingerprint density at radius 2 is 1.89 bits per heavy atom. The second kappa shape index (κ2) is 7.02. The number of carbonyl (C=O) groups excluding carboxylic acids is 2. The van der Waals surface area contributed by atoms with Gasteiger partial charge >= 0.3 is 12.0 Å². The molecular formula is C21H23FN2O3. The van der Waals surface area contributed by atoms with Gasteiger partial charge in [0.15, 0.2) is 0 Å². The van der Waals surface area contributed by atoms with Gasteiger partial charge in [-0.05, 0) is 43.7 Å². The van der Waals surface area contributed by atoms with Crippen molar-refractivity contribution >= 4 is 23.4 Å². The molecule has 142 valence electrons. The first-order chi connectivity index (χ1) is 12.7. The van der Waals surface area contributed by atoms with Gasteiger partial charge in [0.1, 0.15) is 11.9 Å². The third-order valence-corrected chi connectivity index (χ3v) is 4.73. The molecule has 27 heavy (non-hydrogen) atoms. The molecule has 0 radical (unpaired) electrons. The highest BCUT2D eigenvalue weighted by atomic mass is 19.1. The molecule has 0 aromatic heterocycles. The van der Waals surface area contributed by atoms with E-state index in [0.29, 0.717) is 11.4 Å². The Morgan fingerprint density at radius 3 is 2.52 bits per heavy atom. The van der Waals surface area contributed by atoms with Crippen molar-refractivity contribution in [2.75, 3.05) is 10.6 Å². The number of hydrogen-bond acceptors (Lipinski definition) is 3. The zero-order valence-corrected chi connectivity index (χ0v) is 15.9. The predicted molar refractivity (Wildman–Crippen MR) is 102 cm³/mol. The number of benzene rings is 2. The van der Waals surface area contributed by atoms with Crippen molar-refractivity contribution in [1.82, 2.24) is 0 Å². The summed E-state index contributed by atoms with van der Waals surface area (Å²) in [6.07, 6.45) is -0.462. The monoisotopic (exact) mass is 370 g/mol. The molecule has 2 N–H and O–H groups in total. The average Bonchev–Trinajstić information content (AvgIpc) is 2.84. The topological polar surface area (TPSA) is 67.4 Å². The Bertz CT molecular complexity index is 908. The number of aryl methyl sites for hydroxylation is 2. The lowest BCUT2D eigenvalue weighted by Crippen LogP contribution is -2.21. The SMILES string of the molecule is Cc1ccc(NC(=O)Nc2ccc(F)c(C3OC(=O)CC3(C)C)c2)c(C)c1. The van der Waals surface area contributed by atoms with Crippen LogP contribution in [0.1, 0.15) is 43.1 Å². The van der Waals surface area contributed by atoms with Gasteiger partial charge in [-0.3, -0.25) is 4.79 Å². The van der Waals surface area contributed by atoms with E-state index in [0.717, 1.165) is 11.1 Å². The number of rotatable bonds is 3. The first-order valence-corrected chi connectivity index (χ1v) is 8.80. The summed E-state index contributed by atoms with van der Waals surface area (Å²) in [4.78, 5) is 24.0. The molecule has 1 aliphatic rings. The standard InChI is InChI=1S/C21H23FN2O3/c1-12-5-8-17(13(2)9-12)24-20(26)23-14-6-7-16(22)15(10-14)19-21(3,4)11-18(25)27-19/h5-10,19H,11H2,1-4H3,(H2,23,24,26). The molecule has 0 bridgehead atoms. The molecule has 2 aromatic rings. The van der Waals surface area contributed by atoms with Gasteiger partial charge < -0.3 is 15.4 Å². The number of ether oxygens (including phenoxy) is 1. The largest absolute Gasteiger partial charge is 0.457 e. The second-order valence-electron chi connectivity index (χ2n) is 7.67. The molecule has 0 saturated carbocycles. The van der Waals surface area contributed by atoms with E-state index < -0.39 is 23.4 Å². The first kappa shape index (κ1) is 18.9. The molecule has 1 atom stereocenters. The van der Waals surface area contributed by atoms with Gasteiger partial charge in [-0.15, -0.1) is 0 Å². The Labute approximate surface area is 157 Å². The van der Waals surface area contributed by atoms with Crippen LogP contribution in [0.3, 0.4) is 0 Å². The van der Waals surface area contributed by atoms with Gasteiger partial charge in [-0.25, -0.2) is 9.18 Å². The van der Waals surface area contributed by atoms with Crippen LogP contribution in [-0.4, -0.2) is 12.0 Å². The van der Waals surface area contributed by atoms with E-state index in [1.165, 1.54) is 18.2 Å². The second-order valence-corrected chi connectivity index (χ2v) is 7.67. The minimum Gasteiger partial charge on any atom is -0.457 e. The van der Waals surface area contributed by atoms with Crippen LogP contribution < -0.4 is 10.6 Å². The molecule has 0 aliphatic carbocycles. The van der Waals surface area contributed by atoms with Crippen molar-refractivity contribution in [1.29, 1.82) is 0 Å². The van der Waals surface area contributed by atoms with Crippen LogP contribution in [0.4, 0.5) is 20.6 Å². The third kappa shape index (κ3) is 4.10. The number of cyclic esters (lactones) is 1. The molecular weight excluding hydrogens is 347 g/mol. The van der Waals surface area contributed by atoms with Crippen molar-refractivity contribution in [2.45, 2.75) is 40.2 Å². The van der Waals surface area contributed by atoms with E-state index in [9.17, 15) is 14.0 Å². The number of carbonyl (C=O) groups is 2. The van der Waals surface area contributed by atoms with Crippen LogP contribution in [-0.2, 0) is 9.53 Å². The van der Waals surface area contributed by atoms with Crippen LogP contribution in [0.15, 0.2) is 36.4 Å². The van der Waals surface area contributed by atoms with Crippen molar-refractivity contribution in [3.63, 3.8) is 0 Å². The predicted octanol–water partition coefficient (Wildman–Crippen LogP) is 5.10. The van der Waals surface area contributed by atoms with Crippen LogP contribution in [0.5, 0.6) is 0 Å². The Hall–Kier alpha value is -2.89. The molecule has 1 heterocycles. The van der Waals surface area contributed by atoms with Crippen LogP contribution in [0, 0.1) is 25.1 Å². The summed E-state index contributed by atoms with van der Waals surface area (Å²) in [6.45, 7) is 7.60. The molecule has 1 unspecified atom stereocenters. The molecule has 1 fully saturated rings. The molecule has 2 amide bonds. The number of amides is 2. The number of anilines is 2. The van der Waals surface area contributed by atoms with E-state index in [2.05, 4.69) is 10.6 Å². The Balaban J connectivity index is 1.78. The zero-order chi connectivity index (χ0) is 19.8. The van der Waals surface area contributed by atoms with Gasteiger partial charge in [-0.1, -0.05) is 31.5 Å². The number of hydrogen-bond donors (Lipinski definition) is 2. The maximum atomic E-state index is 14.3. The van der Waals surface area contributed by atoms with Crippen molar-refractivity contribution < 1.29 is 18.7 Å². The lowest BCUT2D eigenvalue weighted by Gasteiger charge is -2.24.